The molecule has 5 heteroatoms. The van der Waals surface area contributed by atoms with Gasteiger partial charge in [-0.15, -0.1) is 0 Å². The second kappa shape index (κ2) is 7.83. The topological polar surface area (TPSA) is 35.5 Å². The normalized spacial score (nSPS) is 24.7. The number of fused-ring (bicyclic) bond motifs is 1. The molecule has 2 aromatic rings. The minimum atomic E-state index is -0.259. The third-order valence-corrected chi connectivity index (χ3v) is 5.55. The molecule has 27 heavy (non-hydrogen) atoms. The molecule has 1 fully saturated rings. The van der Waals surface area contributed by atoms with Gasteiger partial charge in [0.25, 0.3) is 0 Å². The quantitative estimate of drug-likeness (QED) is 0.726. The molecule has 0 radical (unpaired) electrons. The number of allylic oxidation sites excluding steroid dienone is 1. The molecule has 0 aromatic heterocycles. The fourth-order valence-corrected chi connectivity index (χ4v) is 3.90. The molecule has 2 aliphatic rings. The van der Waals surface area contributed by atoms with Gasteiger partial charge in [0.1, 0.15) is 11.9 Å². The van der Waals surface area contributed by atoms with Crippen LogP contribution in [0.3, 0.4) is 0 Å². The lowest BCUT2D eigenvalue weighted by Gasteiger charge is -2.37. The van der Waals surface area contributed by atoms with Crippen LogP contribution in [0.5, 0.6) is 0 Å². The van der Waals surface area contributed by atoms with Gasteiger partial charge in [-0.25, -0.2) is 4.39 Å². The first-order chi connectivity index (χ1) is 13.1. The second-order valence-corrected chi connectivity index (χ2v) is 7.46. The monoisotopic (exact) mass is 386 g/mol. The molecule has 3 nitrogen and oxygen atoms in total. The van der Waals surface area contributed by atoms with Crippen LogP contribution in [0.4, 0.5) is 4.39 Å². The summed E-state index contributed by atoms with van der Waals surface area (Å²) in [6.07, 6.45) is 3.44. The standard InChI is InChI=1S/C22H20ClFO3/c23-16-7-5-14(6-8-16)19-13-27-21-11-17(9-10-18(21)22(19)25)26-12-15-3-1-2-4-20(15)24/h1-8,13,17-18,21H,9-12H2. The van der Waals surface area contributed by atoms with E-state index in [1.807, 2.05) is 12.1 Å². The Morgan fingerprint density at radius 2 is 1.89 bits per heavy atom. The van der Waals surface area contributed by atoms with E-state index in [2.05, 4.69) is 0 Å². The highest BCUT2D eigenvalue weighted by Gasteiger charge is 2.40. The number of hydrogen-bond donors (Lipinski definition) is 0. The maximum Gasteiger partial charge on any atom is 0.173 e. The predicted molar refractivity (Wildman–Crippen MR) is 102 cm³/mol. The number of carbonyl (C=O) groups excluding carboxylic acids is 1. The lowest BCUT2D eigenvalue weighted by Crippen LogP contribution is -2.41. The van der Waals surface area contributed by atoms with Crippen LogP contribution in [-0.2, 0) is 20.9 Å². The van der Waals surface area contributed by atoms with Crippen LogP contribution >= 0.6 is 11.6 Å². The third kappa shape index (κ3) is 3.92. The molecular weight excluding hydrogens is 367 g/mol. The molecule has 2 aromatic carbocycles. The summed E-state index contributed by atoms with van der Waals surface area (Å²) < 4.78 is 25.5. The average Bonchev–Trinajstić information content (AvgIpc) is 2.68. The Morgan fingerprint density at radius 1 is 1.11 bits per heavy atom. The molecule has 1 heterocycles. The van der Waals surface area contributed by atoms with Crippen molar-refractivity contribution in [1.29, 1.82) is 0 Å². The fraction of sp³-hybridized carbons (Fsp3) is 0.318. The molecule has 1 aliphatic heterocycles. The van der Waals surface area contributed by atoms with Crippen LogP contribution in [0.2, 0.25) is 5.02 Å². The van der Waals surface area contributed by atoms with Crippen LogP contribution in [0, 0.1) is 11.7 Å². The molecular formula is C22H20ClFO3. The van der Waals surface area contributed by atoms with Crippen LogP contribution in [0.1, 0.15) is 30.4 Å². The van der Waals surface area contributed by atoms with Gasteiger partial charge < -0.3 is 9.47 Å². The van der Waals surface area contributed by atoms with Gasteiger partial charge in [0.05, 0.1) is 30.5 Å². The van der Waals surface area contributed by atoms with Gasteiger partial charge >= 0.3 is 0 Å². The summed E-state index contributed by atoms with van der Waals surface area (Å²) in [6.45, 7) is 0.231. The van der Waals surface area contributed by atoms with Crippen molar-refractivity contribution in [2.75, 3.05) is 0 Å². The summed E-state index contributed by atoms with van der Waals surface area (Å²) in [5.41, 5.74) is 1.96. The SMILES string of the molecule is O=C1C(c2ccc(Cl)cc2)=COC2CC(OCc3ccccc3F)CCC12. The first-order valence-corrected chi connectivity index (χ1v) is 9.50. The van der Waals surface area contributed by atoms with Crippen LogP contribution in [0.25, 0.3) is 5.57 Å². The van der Waals surface area contributed by atoms with Crippen molar-refractivity contribution in [3.05, 3.63) is 76.8 Å². The van der Waals surface area contributed by atoms with E-state index in [9.17, 15) is 9.18 Å². The van der Waals surface area contributed by atoms with Crippen molar-refractivity contribution in [3.63, 3.8) is 0 Å². The van der Waals surface area contributed by atoms with Gasteiger partial charge in [0, 0.05) is 17.0 Å². The number of ketones is 1. The highest BCUT2D eigenvalue weighted by atomic mass is 35.5. The van der Waals surface area contributed by atoms with E-state index in [1.165, 1.54) is 6.07 Å². The number of hydrogen-bond acceptors (Lipinski definition) is 3. The lowest BCUT2D eigenvalue weighted by molar-refractivity contribution is -0.128. The highest BCUT2D eigenvalue weighted by Crippen LogP contribution is 2.37. The van der Waals surface area contributed by atoms with E-state index >= 15 is 0 Å². The summed E-state index contributed by atoms with van der Waals surface area (Å²) >= 11 is 5.92. The molecule has 1 saturated carbocycles. The van der Waals surface area contributed by atoms with E-state index in [1.54, 1.807) is 36.6 Å². The molecule has 1 aliphatic carbocycles. The number of rotatable bonds is 4. The lowest BCUT2D eigenvalue weighted by atomic mass is 9.78. The van der Waals surface area contributed by atoms with Gasteiger partial charge in [0.2, 0.25) is 0 Å². The van der Waals surface area contributed by atoms with E-state index < -0.39 is 0 Å². The van der Waals surface area contributed by atoms with Crippen molar-refractivity contribution in [2.24, 2.45) is 5.92 Å². The summed E-state index contributed by atoms with van der Waals surface area (Å²) in [5, 5.41) is 0.633. The summed E-state index contributed by atoms with van der Waals surface area (Å²) in [5.74, 6) is -0.305. The van der Waals surface area contributed by atoms with Gasteiger partial charge in [-0.1, -0.05) is 41.9 Å². The summed E-state index contributed by atoms with van der Waals surface area (Å²) in [7, 11) is 0. The van der Waals surface area contributed by atoms with Gasteiger partial charge in [-0.05, 0) is 36.6 Å². The minimum absolute atomic E-state index is 0.0378. The molecule has 0 spiro atoms. The predicted octanol–water partition coefficient (Wildman–Crippen LogP) is 5.17. The number of carbonyl (C=O) groups is 1. The number of Topliss-reactive ketones (excluding diaryl/α,β-unsaturated/α-hetero) is 1. The maximum absolute atomic E-state index is 13.7. The van der Waals surface area contributed by atoms with Gasteiger partial charge in [0.15, 0.2) is 5.78 Å². The first kappa shape index (κ1) is 18.2. The van der Waals surface area contributed by atoms with E-state index in [4.69, 9.17) is 21.1 Å². The van der Waals surface area contributed by atoms with E-state index in [0.717, 1.165) is 12.0 Å². The van der Waals surface area contributed by atoms with Crippen molar-refractivity contribution >= 4 is 23.0 Å². The Labute approximate surface area is 162 Å². The van der Waals surface area contributed by atoms with Crippen LogP contribution in [0.15, 0.2) is 54.8 Å². The second-order valence-electron chi connectivity index (χ2n) is 7.02. The minimum Gasteiger partial charge on any atom is -0.496 e. The Balaban J connectivity index is 1.40. The maximum atomic E-state index is 13.7. The first-order valence-electron chi connectivity index (χ1n) is 9.12. The van der Waals surface area contributed by atoms with Crippen LogP contribution in [-0.4, -0.2) is 18.0 Å². The Kier molecular flexibility index (Phi) is 5.28. The average molecular weight is 387 g/mol. The van der Waals surface area contributed by atoms with Crippen LogP contribution < -0.4 is 0 Å². The summed E-state index contributed by atoms with van der Waals surface area (Å²) in [4.78, 5) is 12.9. The molecule has 3 unspecified atom stereocenters. The Hall–Kier alpha value is -2.17. The zero-order valence-electron chi connectivity index (χ0n) is 14.7. The molecule has 0 amide bonds. The summed E-state index contributed by atoms with van der Waals surface area (Å²) in [6, 6.07) is 13.8. The Morgan fingerprint density at radius 3 is 2.67 bits per heavy atom. The highest BCUT2D eigenvalue weighted by molar-refractivity contribution is 6.30. The zero-order chi connectivity index (χ0) is 18.8. The smallest absolute Gasteiger partial charge is 0.173 e. The van der Waals surface area contributed by atoms with Crippen molar-refractivity contribution in [1.82, 2.24) is 0 Å². The van der Waals surface area contributed by atoms with E-state index in [0.29, 0.717) is 29.0 Å². The van der Waals surface area contributed by atoms with Crippen molar-refractivity contribution in [2.45, 2.75) is 38.1 Å². The molecule has 0 saturated heterocycles. The molecule has 0 N–H and O–H groups in total. The Bertz CT molecular complexity index is 862. The number of halogens is 2. The zero-order valence-corrected chi connectivity index (χ0v) is 15.5. The van der Waals surface area contributed by atoms with Crippen molar-refractivity contribution in [3.8, 4) is 0 Å². The molecule has 3 atom stereocenters. The van der Waals surface area contributed by atoms with Crippen molar-refractivity contribution < 1.29 is 18.7 Å². The third-order valence-electron chi connectivity index (χ3n) is 5.29. The molecule has 140 valence electrons. The van der Waals surface area contributed by atoms with Gasteiger partial charge in [-0.2, -0.15) is 0 Å². The largest absolute Gasteiger partial charge is 0.496 e. The fourth-order valence-electron chi connectivity index (χ4n) is 3.77. The van der Waals surface area contributed by atoms with Gasteiger partial charge in [-0.3, -0.25) is 4.79 Å². The van der Waals surface area contributed by atoms with E-state index in [-0.39, 0.29) is 36.3 Å². The molecule has 4 rings (SSSR count). The molecule has 0 bridgehead atoms. The number of ether oxygens (including phenoxy) is 2. The number of benzene rings is 2.